The second kappa shape index (κ2) is 11.1. The largest absolute Gasteiger partial charge is 0.482 e. The lowest BCUT2D eigenvalue weighted by Gasteiger charge is -2.17. The maximum absolute atomic E-state index is 12.0. The molecule has 29 heavy (non-hydrogen) atoms. The van der Waals surface area contributed by atoms with Gasteiger partial charge in [-0.2, -0.15) is 0 Å². The quantitative estimate of drug-likeness (QED) is 0.633. The summed E-state index contributed by atoms with van der Waals surface area (Å²) in [4.78, 5) is 37.0. The van der Waals surface area contributed by atoms with E-state index in [1.54, 1.807) is 36.4 Å². The van der Waals surface area contributed by atoms with E-state index in [2.05, 4.69) is 5.32 Å². The van der Waals surface area contributed by atoms with Gasteiger partial charge in [0.1, 0.15) is 5.75 Å². The van der Waals surface area contributed by atoms with Crippen molar-refractivity contribution in [1.82, 2.24) is 4.90 Å². The van der Waals surface area contributed by atoms with Crippen LogP contribution in [0.15, 0.2) is 48.5 Å². The van der Waals surface area contributed by atoms with Gasteiger partial charge in [0.15, 0.2) is 13.2 Å². The third-order valence-electron chi connectivity index (χ3n) is 4.00. The number of anilines is 1. The Hall–Kier alpha value is -3.06. The van der Waals surface area contributed by atoms with Crippen molar-refractivity contribution in [3.05, 3.63) is 59.1 Å². The minimum atomic E-state index is -0.674. The number of likely N-dealkylation sites (N-methyl/N-ethyl adjacent to an activating group) is 1. The van der Waals surface area contributed by atoms with Gasteiger partial charge in [0.2, 0.25) is 5.91 Å². The van der Waals surface area contributed by atoms with Crippen LogP contribution in [-0.4, -0.2) is 49.5 Å². The summed E-state index contributed by atoms with van der Waals surface area (Å²) in [7, 11) is 1.44. The van der Waals surface area contributed by atoms with E-state index in [9.17, 15) is 14.4 Å². The molecule has 7 nitrogen and oxygen atoms in total. The zero-order chi connectivity index (χ0) is 21.2. The average molecular weight is 419 g/mol. The Balaban J connectivity index is 1.70. The third-order valence-corrected chi connectivity index (χ3v) is 4.33. The van der Waals surface area contributed by atoms with Crippen molar-refractivity contribution in [3.63, 3.8) is 0 Å². The van der Waals surface area contributed by atoms with Gasteiger partial charge in [-0.15, -0.1) is 0 Å². The van der Waals surface area contributed by atoms with E-state index in [0.29, 0.717) is 16.5 Å². The Morgan fingerprint density at radius 2 is 1.72 bits per heavy atom. The third kappa shape index (κ3) is 7.46. The zero-order valence-corrected chi connectivity index (χ0v) is 17.1. The summed E-state index contributed by atoms with van der Waals surface area (Å²) in [6, 6.07) is 14.1. The molecule has 0 saturated heterocycles. The number of aryl methyl sites for hydroxylation is 1. The first kappa shape index (κ1) is 22.2. The van der Waals surface area contributed by atoms with Gasteiger partial charge in [0.25, 0.3) is 5.91 Å². The standard InChI is InChI=1S/C21H23ClN2O5/c1-3-15-8-10-16(11-9-15)28-14-21(27)29-13-20(26)24(2)12-19(25)23-18-7-5-4-6-17(18)22/h4-11H,3,12-14H2,1-2H3,(H,23,25). The second-order valence-corrected chi connectivity index (χ2v) is 6.63. The van der Waals surface area contributed by atoms with Crippen LogP contribution in [0.2, 0.25) is 5.02 Å². The van der Waals surface area contributed by atoms with Crippen LogP contribution < -0.4 is 10.1 Å². The van der Waals surface area contributed by atoms with Gasteiger partial charge >= 0.3 is 5.97 Å². The van der Waals surface area contributed by atoms with Crippen LogP contribution in [0.25, 0.3) is 0 Å². The summed E-state index contributed by atoms with van der Waals surface area (Å²) in [6.45, 7) is 1.05. The fourth-order valence-corrected chi connectivity index (χ4v) is 2.50. The summed E-state index contributed by atoms with van der Waals surface area (Å²) in [5.74, 6) is -1.07. The van der Waals surface area contributed by atoms with Crippen LogP contribution in [0.4, 0.5) is 5.69 Å². The summed E-state index contributed by atoms with van der Waals surface area (Å²) < 4.78 is 10.2. The van der Waals surface area contributed by atoms with E-state index in [0.717, 1.165) is 16.9 Å². The molecule has 2 aromatic carbocycles. The van der Waals surface area contributed by atoms with Gasteiger partial charge in [-0.1, -0.05) is 42.8 Å². The van der Waals surface area contributed by atoms with Crippen LogP contribution in [0.5, 0.6) is 5.75 Å². The molecule has 0 aliphatic carbocycles. The van der Waals surface area contributed by atoms with Crippen molar-refractivity contribution in [1.29, 1.82) is 0 Å². The topological polar surface area (TPSA) is 84.9 Å². The van der Waals surface area contributed by atoms with E-state index >= 15 is 0 Å². The number of nitrogens with one attached hydrogen (secondary N) is 1. The molecule has 2 rings (SSSR count). The Morgan fingerprint density at radius 3 is 2.38 bits per heavy atom. The summed E-state index contributed by atoms with van der Waals surface area (Å²) in [6.07, 6.45) is 0.911. The number of para-hydroxylation sites is 1. The summed E-state index contributed by atoms with van der Waals surface area (Å²) >= 11 is 5.98. The molecule has 0 fully saturated rings. The minimum absolute atomic E-state index is 0.206. The molecule has 0 atom stereocenters. The lowest BCUT2D eigenvalue weighted by molar-refractivity contribution is -0.153. The Kier molecular flexibility index (Phi) is 8.48. The van der Waals surface area contributed by atoms with Crippen molar-refractivity contribution < 1.29 is 23.9 Å². The van der Waals surface area contributed by atoms with Gasteiger partial charge in [-0.05, 0) is 36.2 Å². The van der Waals surface area contributed by atoms with Crippen molar-refractivity contribution >= 4 is 35.1 Å². The zero-order valence-electron chi connectivity index (χ0n) is 16.3. The number of halogens is 1. The van der Waals surface area contributed by atoms with Crippen LogP contribution in [-0.2, 0) is 25.5 Å². The van der Waals surface area contributed by atoms with Gasteiger partial charge in [-0.25, -0.2) is 4.79 Å². The highest BCUT2D eigenvalue weighted by Gasteiger charge is 2.16. The molecule has 0 aliphatic rings. The highest BCUT2D eigenvalue weighted by atomic mass is 35.5. The molecule has 2 aromatic rings. The molecule has 0 unspecified atom stereocenters. The SMILES string of the molecule is CCc1ccc(OCC(=O)OCC(=O)N(C)CC(=O)Nc2ccccc2Cl)cc1. The smallest absolute Gasteiger partial charge is 0.344 e. The van der Waals surface area contributed by atoms with Crippen molar-refractivity contribution in [2.45, 2.75) is 13.3 Å². The molecule has 2 amide bonds. The predicted octanol–water partition coefficient (Wildman–Crippen LogP) is 2.92. The molecule has 0 spiro atoms. The van der Waals surface area contributed by atoms with Crippen molar-refractivity contribution in [2.24, 2.45) is 0 Å². The van der Waals surface area contributed by atoms with Gasteiger partial charge in [-0.3, -0.25) is 9.59 Å². The normalized spacial score (nSPS) is 10.2. The molecule has 154 valence electrons. The van der Waals surface area contributed by atoms with E-state index in [4.69, 9.17) is 21.1 Å². The molecular weight excluding hydrogens is 396 g/mol. The maximum Gasteiger partial charge on any atom is 0.344 e. The van der Waals surface area contributed by atoms with Crippen LogP contribution >= 0.6 is 11.6 Å². The second-order valence-electron chi connectivity index (χ2n) is 6.22. The van der Waals surface area contributed by atoms with Crippen LogP contribution in [0.3, 0.4) is 0 Å². The van der Waals surface area contributed by atoms with Crippen LogP contribution in [0.1, 0.15) is 12.5 Å². The monoisotopic (exact) mass is 418 g/mol. The minimum Gasteiger partial charge on any atom is -0.482 e. The summed E-state index contributed by atoms with van der Waals surface area (Å²) in [5, 5.41) is 3.01. The first-order chi connectivity index (χ1) is 13.9. The Morgan fingerprint density at radius 1 is 1.03 bits per heavy atom. The number of esters is 1. The predicted molar refractivity (Wildman–Crippen MR) is 110 cm³/mol. The maximum atomic E-state index is 12.0. The number of carbonyl (C=O) groups is 3. The number of carbonyl (C=O) groups excluding carboxylic acids is 3. The first-order valence-corrected chi connectivity index (χ1v) is 9.42. The van der Waals surface area contributed by atoms with Crippen LogP contribution in [0, 0.1) is 0 Å². The highest BCUT2D eigenvalue weighted by Crippen LogP contribution is 2.20. The van der Waals surface area contributed by atoms with E-state index in [1.165, 1.54) is 7.05 Å². The molecule has 1 N–H and O–H groups in total. The fourth-order valence-electron chi connectivity index (χ4n) is 2.31. The van der Waals surface area contributed by atoms with Gasteiger partial charge < -0.3 is 19.7 Å². The molecule has 8 heteroatoms. The van der Waals surface area contributed by atoms with E-state index < -0.39 is 24.4 Å². The molecule has 0 aromatic heterocycles. The van der Waals surface area contributed by atoms with Gasteiger partial charge in [0, 0.05) is 7.05 Å². The highest BCUT2D eigenvalue weighted by molar-refractivity contribution is 6.33. The lowest BCUT2D eigenvalue weighted by Crippen LogP contribution is -2.37. The number of hydrogen-bond donors (Lipinski definition) is 1. The van der Waals surface area contributed by atoms with Crippen molar-refractivity contribution in [2.75, 3.05) is 32.1 Å². The lowest BCUT2D eigenvalue weighted by atomic mass is 10.2. The number of amides is 2. The molecule has 0 heterocycles. The molecule has 0 saturated carbocycles. The number of ether oxygens (including phenoxy) is 2. The molecule has 0 aliphatic heterocycles. The Bertz CT molecular complexity index is 854. The average Bonchev–Trinajstić information content (AvgIpc) is 2.72. The van der Waals surface area contributed by atoms with Gasteiger partial charge in [0.05, 0.1) is 17.3 Å². The molecule has 0 bridgehead atoms. The Labute approximate surface area is 174 Å². The van der Waals surface area contributed by atoms with Crippen molar-refractivity contribution in [3.8, 4) is 5.75 Å². The number of rotatable bonds is 9. The molecular formula is C21H23ClN2O5. The number of benzene rings is 2. The number of hydrogen-bond acceptors (Lipinski definition) is 5. The first-order valence-electron chi connectivity index (χ1n) is 9.04. The molecule has 0 radical (unpaired) electrons. The van der Waals surface area contributed by atoms with E-state index in [-0.39, 0.29) is 13.2 Å². The number of nitrogens with zero attached hydrogens (tertiary/aromatic N) is 1. The van der Waals surface area contributed by atoms with E-state index in [1.807, 2.05) is 19.1 Å². The fraction of sp³-hybridized carbons (Fsp3) is 0.286. The summed E-state index contributed by atoms with van der Waals surface area (Å²) in [5.41, 5.74) is 1.61.